The Morgan fingerprint density at radius 3 is 2.85 bits per heavy atom. The number of piperidine rings is 1. The van der Waals surface area contributed by atoms with E-state index in [1.54, 1.807) is 20.3 Å². The number of carboxylic acids is 1. The van der Waals surface area contributed by atoms with Crippen LogP contribution < -0.4 is 19.7 Å². The Balaban J connectivity index is 1.78. The zero-order chi connectivity index (χ0) is 18.5. The minimum atomic E-state index is -0.759. The first-order valence-electron chi connectivity index (χ1n) is 8.39. The van der Waals surface area contributed by atoms with Gasteiger partial charge in [0.05, 0.1) is 25.8 Å². The predicted molar refractivity (Wildman–Crippen MR) is 97.4 cm³/mol. The van der Waals surface area contributed by atoms with Crippen molar-refractivity contribution < 1.29 is 19.4 Å². The Morgan fingerprint density at radius 2 is 2.12 bits per heavy atom. The molecule has 1 atom stereocenters. The molecule has 1 aliphatic heterocycles. The third kappa shape index (κ3) is 3.96. The molecule has 138 valence electrons. The second kappa shape index (κ2) is 7.90. The third-order valence-electron chi connectivity index (χ3n) is 4.42. The van der Waals surface area contributed by atoms with Gasteiger partial charge in [-0.25, -0.2) is 9.97 Å². The number of aliphatic carboxylic acids is 1. The van der Waals surface area contributed by atoms with Crippen molar-refractivity contribution >= 4 is 23.3 Å². The van der Waals surface area contributed by atoms with Crippen LogP contribution in [0.5, 0.6) is 11.5 Å². The van der Waals surface area contributed by atoms with E-state index in [4.69, 9.17) is 9.47 Å². The molecule has 8 heteroatoms. The molecule has 0 bridgehead atoms. The van der Waals surface area contributed by atoms with Crippen molar-refractivity contribution in [3.63, 3.8) is 0 Å². The molecular weight excluding hydrogens is 336 g/mol. The molecule has 0 radical (unpaired) electrons. The number of hydrogen-bond donors (Lipinski definition) is 2. The highest BCUT2D eigenvalue weighted by molar-refractivity contribution is 5.71. The van der Waals surface area contributed by atoms with Crippen molar-refractivity contribution in [1.29, 1.82) is 0 Å². The van der Waals surface area contributed by atoms with Gasteiger partial charge in [0.1, 0.15) is 29.5 Å². The summed E-state index contributed by atoms with van der Waals surface area (Å²) < 4.78 is 10.6. The number of nitrogens with one attached hydrogen (secondary N) is 1. The smallest absolute Gasteiger partial charge is 0.308 e. The second-order valence-electron chi connectivity index (χ2n) is 6.08. The number of carbonyl (C=O) groups is 1. The molecule has 0 amide bonds. The van der Waals surface area contributed by atoms with Crippen molar-refractivity contribution in [1.82, 2.24) is 9.97 Å². The average Bonchev–Trinajstić information content (AvgIpc) is 2.68. The van der Waals surface area contributed by atoms with Gasteiger partial charge in [-0.1, -0.05) is 0 Å². The molecule has 2 aromatic rings. The zero-order valence-corrected chi connectivity index (χ0v) is 14.8. The van der Waals surface area contributed by atoms with Crippen molar-refractivity contribution in [2.45, 2.75) is 12.8 Å². The number of ether oxygens (including phenoxy) is 2. The highest BCUT2D eigenvalue weighted by Crippen LogP contribution is 2.31. The summed E-state index contributed by atoms with van der Waals surface area (Å²) >= 11 is 0. The molecule has 0 spiro atoms. The van der Waals surface area contributed by atoms with Gasteiger partial charge in [0.25, 0.3) is 0 Å². The van der Waals surface area contributed by atoms with Gasteiger partial charge in [0.15, 0.2) is 0 Å². The van der Waals surface area contributed by atoms with Crippen LogP contribution in [-0.4, -0.2) is 48.4 Å². The van der Waals surface area contributed by atoms with Gasteiger partial charge in [-0.2, -0.15) is 0 Å². The summed E-state index contributed by atoms with van der Waals surface area (Å²) in [5, 5.41) is 12.5. The van der Waals surface area contributed by atoms with Gasteiger partial charge in [-0.15, -0.1) is 0 Å². The Morgan fingerprint density at radius 1 is 1.27 bits per heavy atom. The second-order valence-corrected chi connectivity index (χ2v) is 6.08. The van der Waals surface area contributed by atoms with E-state index in [-0.39, 0.29) is 5.92 Å². The molecule has 2 heterocycles. The zero-order valence-electron chi connectivity index (χ0n) is 14.8. The highest BCUT2D eigenvalue weighted by Gasteiger charge is 2.26. The van der Waals surface area contributed by atoms with E-state index >= 15 is 0 Å². The Labute approximate surface area is 151 Å². The van der Waals surface area contributed by atoms with Crippen LogP contribution in [0.3, 0.4) is 0 Å². The molecule has 1 fully saturated rings. The van der Waals surface area contributed by atoms with E-state index in [2.05, 4.69) is 15.3 Å². The van der Waals surface area contributed by atoms with Gasteiger partial charge >= 0.3 is 5.97 Å². The Kier molecular flexibility index (Phi) is 5.40. The molecule has 0 aliphatic carbocycles. The molecule has 1 aromatic carbocycles. The van der Waals surface area contributed by atoms with Crippen LogP contribution >= 0.6 is 0 Å². The van der Waals surface area contributed by atoms with Gasteiger partial charge in [0, 0.05) is 25.2 Å². The Hall–Kier alpha value is -3.03. The van der Waals surface area contributed by atoms with Crippen molar-refractivity contribution in [2.24, 2.45) is 5.92 Å². The lowest BCUT2D eigenvalue weighted by atomic mass is 9.98. The molecule has 8 nitrogen and oxygen atoms in total. The topological polar surface area (TPSA) is 96.8 Å². The normalized spacial score (nSPS) is 16.8. The maximum atomic E-state index is 11.3. The summed E-state index contributed by atoms with van der Waals surface area (Å²) in [4.78, 5) is 21.8. The van der Waals surface area contributed by atoms with Crippen LogP contribution in [0.4, 0.5) is 17.3 Å². The lowest BCUT2D eigenvalue weighted by molar-refractivity contribution is -0.141. The first kappa shape index (κ1) is 17.8. The summed E-state index contributed by atoms with van der Waals surface area (Å²) in [6, 6.07) is 7.27. The standard InChI is InChI=1S/C18H22N4O4/c1-25-13-5-6-14(15(8-13)26-2)21-16-9-17(20-11-19-16)22-7-3-4-12(10-22)18(23)24/h5-6,8-9,11-12H,3-4,7,10H2,1-2H3,(H,23,24)(H,19,20,21). The number of nitrogens with zero attached hydrogens (tertiary/aromatic N) is 3. The summed E-state index contributed by atoms with van der Waals surface area (Å²) in [5.74, 6) is 1.52. The quantitative estimate of drug-likeness (QED) is 0.813. The number of carboxylic acid groups (broad SMARTS) is 1. The lowest BCUT2D eigenvalue weighted by Gasteiger charge is -2.31. The van der Waals surface area contributed by atoms with Gasteiger partial charge in [0.2, 0.25) is 0 Å². The number of methoxy groups -OCH3 is 2. The van der Waals surface area contributed by atoms with Gasteiger partial charge < -0.3 is 24.8 Å². The predicted octanol–water partition coefficient (Wildman–Crippen LogP) is 2.54. The van der Waals surface area contributed by atoms with Crippen molar-refractivity contribution in [3.8, 4) is 11.5 Å². The third-order valence-corrected chi connectivity index (χ3v) is 4.42. The molecule has 3 rings (SSSR count). The number of anilines is 3. The molecule has 1 saturated heterocycles. The maximum absolute atomic E-state index is 11.3. The summed E-state index contributed by atoms with van der Waals surface area (Å²) in [6.07, 6.45) is 3.00. The van der Waals surface area contributed by atoms with Gasteiger partial charge in [-0.05, 0) is 25.0 Å². The largest absolute Gasteiger partial charge is 0.497 e. The van der Waals surface area contributed by atoms with Crippen LogP contribution in [0.25, 0.3) is 0 Å². The van der Waals surface area contributed by atoms with Gasteiger partial charge in [-0.3, -0.25) is 4.79 Å². The Bertz CT molecular complexity index is 784. The maximum Gasteiger partial charge on any atom is 0.308 e. The molecule has 0 saturated carbocycles. The monoisotopic (exact) mass is 358 g/mol. The van der Waals surface area contributed by atoms with Crippen molar-refractivity contribution in [3.05, 3.63) is 30.6 Å². The molecule has 2 N–H and O–H groups in total. The fraction of sp³-hybridized carbons (Fsp3) is 0.389. The summed E-state index contributed by atoms with van der Waals surface area (Å²) in [5.41, 5.74) is 0.750. The average molecular weight is 358 g/mol. The molecular formula is C18H22N4O4. The fourth-order valence-electron chi connectivity index (χ4n) is 3.01. The van der Waals surface area contributed by atoms with Crippen LogP contribution in [-0.2, 0) is 4.79 Å². The van der Waals surface area contributed by atoms with E-state index in [1.807, 2.05) is 23.1 Å². The SMILES string of the molecule is COc1ccc(Nc2cc(N3CCCC(C(=O)O)C3)ncn2)c(OC)c1. The molecule has 1 aromatic heterocycles. The van der Waals surface area contributed by atoms with E-state index < -0.39 is 5.97 Å². The molecule has 26 heavy (non-hydrogen) atoms. The first-order chi connectivity index (χ1) is 12.6. The first-order valence-corrected chi connectivity index (χ1v) is 8.39. The van der Waals surface area contributed by atoms with Crippen LogP contribution in [0.2, 0.25) is 0 Å². The minimum Gasteiger partial charge on any atom is -0.497 e. The number of hydrogen-bond acceptors (Lipinski definition) is 7. The number of aromatic nitrogens is 2. The van der Waals surface area contributed by atoms with E-state index in [0.717, 1.165) is 18.7 Å². The fourth-order valence-corrected chi connectivity index (χ4v) is 3.01. The highest BCUT2D eigenvalue weighted by atomic mass is 16.5. The van der Waals surface area contributed by atoms with E-state index in [0.29, 0.717) is 36.1 Å². The van der Waals surface area contributed by atoms with Crippen LogP contribution in [0.1, 0.15) is 12.8 Å². The minimum absolute atomic E-state index is 0.364. The van der Waals surface area contributed by atoms with Crippen LogP contribution in [0.15, 0.2) is 30.6 Å². The number of rotatable bonds is 6. The summed E-state index contributed by atoms with van der Waals surface area (Å²) in [6.45, 7) is 1.24. The van der Waals surface area contributed by atoms with E-state index in [9.17, 15) is 9.90 Å². The van der Waals surface area contributed by atoms with Crippen LogP contribution in [0, 0.1) is 5.92 Å². The number of benzene rings is 1. The van der Waals surface area contributed by atoms with Crippen molar-refractivity contribution in [2.75, 3.05) is 37.5 Å². The summed E-state index contributed by atoms with van der Waals surface area (Å²) in [7, 11) is 3.19. The molecule has 1 aliphatic rings. The molecule has 1 unspecified atom stereocenters. The lowest BCUT2D eigenvalue weighted by Crippen LogP contribution is -2.39. The van der Waals surface area contributed by atoms with E-state index in [1.165, 1.54) is 6.33 Å².